The van der Waals surface area contributed by atoms with Crippen molar-refractivity contribution in [2.24, 2.45) is 40.7 Å². The molecule has 8 heteroatoms. The van der Waals surface area contributed by atoms with E-state index in [4.69, 9.17) is 20.2 Å². The molecule has 6 aliphatic rings. The highest BCUT2D eigenvalue weighted by Gasteiger charge is 2.77. The molecule has 7 rings (SSSR count). The normalized spacial score (nSPS) is 49.8. The molecule has 1 saturated heterocycles. The van der Waals surface area contributed by atoms with Gasteiger partial charge in [-0.3, -0.25) is 0 Å². The highest BCUT2D eigenvalue weighted by molar-refractivity contribution is 5.21. The third-order valence-corrected chi connectivity index (χ3v) is 9.90. The molecule has 0 aromatic carbocycles. The Hall–Kier alpha value is -1.09. The zero-order valence-corrected chi connectivity index (χ0v) is 18.8. The zero-order chi connectivity index (χ0) is 21.1. The van der Waals surface area contributed by atoms with Gasteiger partial charge in [0.15, 0.2) is 5.82 Å². The van der Waals surface area contributed by atoms with Crippen LogP contribution in [0.5, 0.6) is 0 Å². The molecule has 3 spiro atoms. The Morgan fingerprint density at radius 1 is 1.03 bits per heavy atom. The maximum Gasteiger partial charge on any atom is 0.210 e. The largest absolute Gasteiger partial charge is 0.324 e. The number of nitrogens with zero attached hydrogens (tertiary/aromatic N) is 4. The second-order valence-electron chi connectivity index (χ2n) is 12.4. The summed E-state index contributed by atoms with van der Waals surface area (Å²) < 4.78 is 8.78. The van der Waals surface area contributed by atoms with E-state index in [-0.39, 0.29) is 5.54 Å². The molecule has 5 saturated carbocycles. The van der Waals surface area contributed by atoms with Gasteiger partial charge in [-0.2, -0.15) is 9.78 Å². The first-order chi connectivity index (χ1) is 14.8. The van der Waals surface area contributed by atoms with Crippen molar-refractivity contribution in [3.8, 4) is 0 Å². The van der Waals surface area contributed by atoms with Crippen molar-refractivity contribution in [2.75, 3.05) is 0 Å². The smallest absolute Gasteiger partial charge is 0.210 e. The van der Waals surface area contributed by atoms with Crippen molar-refractivity contribution < 1.29 is 14.5 Å². The fraction of sp³-hybridized carbons (Fsp3) is 0.957. The second-order valence-corrected chi connectivity index (χ2v) is 12.4. The Morgan fingerprint density at radius 2 is 1.71 bits per heavy atom. The van der Waals surface area contributed by atoms with Crippen LogP contribution in [0.2, 0.25) is 0 Å². The molecule has 5 aliphatic carbocycles. The Balaban J connectivity index is 1.02. The van der Waals surface area contributed by atoms with Crippen LogP contribution in [0.25, 0.3) is 0 Å². The summed E-state index contributed by atoms with van der Waals surface area (Å²) >= 11 is 0. The molecule has 0 amide bonds. The molecule has 0 radical (unpaired) electrons. The fourth-order valence-electron chi connectivity index (χ4n) is 8.53. The predicted molar refractivity (Wildman–Crippen MR) is 110 cm³/mol. The first-order valence-corrected chi connectivity index (χ1v) is 12.4. The van der Waals surface area contributed by atoms with Gasteiger partial charge in [0.25, 0.3) is 0 Å². The molecule has 170 valence electrons. The summed E-state index contributed by atoms with van der Waals surface area (Å²) in [6.07, 6.45) is 11.4. The molecule has 8 nitrogen and oxygen atoms in total. The van der Waals surface area contributed by atoms with Crippen molar-refractivity contribution in [1.29, 1.82) is 0 Å². The van der Waals surface area contributed by atoms with Gasteiger partial charge in [-0.25, -0.2) is 4.68 Å². The van der Waals surface area contributed by atoms with Crippen LogP contribution < -0.4 is 5.73 Å². The standard InChI is InChI=1S/C23H35N5O3/c1-20(2,24)13-28-19(25-26-27-28)7-14-3-5-22(6-4-14)29-23(31-30-22)17-9-15-8-16-10-18(23)12-21(15,16)11-17/h14-18H,3-13,24H2,1-2H3. The predicted octanol–water partition coefficient (Wildman–Crippen LogP) is 2.97. The van der Waals surface area contributed by atoms with Gasteiger partial charge in [-0.15, -0.1) is 5.10 Å². The van der Waals surface area contributed by atoms with Crippen LogP contribution in [0.15, 0.2) is 0 Å². The number of fused-ring (bicyclic) bond motifs is 4. The van der Waals surface area contributed by atoms with Crippen LogP contribution >= 0.6 is 0 Å². The summed E-state index contributed by atoms with van der Waals surface area (Å²) in [4.78, 5) is 12.4. The van der Waals surface area contributed by atoms with Crippen molar-refractivity contribution in [3.63, 3.8) is 0 Å². The van der Waals surface area contributed by atoms with Gasteiger partial charge in [-0.05, 0) is 92.4 Å². The molecule has 1 aromatic rings. The van der Waals surface area contributed by atoms with E-state index in [9.17, 15) is 0 Å². The van der Waals surface area contributed by atoms with Gasteiger partial charge in [-0.1, -0.05) is 0 Å². The topological polar surface area (TPSA) is 97.3 Å². The van der Waals surface area contributed by atoms with E-state index in [1.807, 2.05) is 18.5 Å². The molecular formula is C23H35N5O3. The number of ether oxygens (including phenoxy) is 1. The first-order valence-electron chi connectivity index (χ1n) is 12.4. The van der Waals surface area contributed by atoms with Crippen LogP contribution in [-0.2, 0) is 27.5 Å². The highest BCUT2D eigenvalue weighted by atomic mass is 17.3. The summed E-state index contributed by atoms with van der Waals surface area (Å²) in [5.74, 6) is 3.38. The van der Waals surface area contributed by atoms with E-state index >= 15 is 0 Å². The average molecular weight is 430 g/mol. The van der Waals surface area contributed by atoms with Gasteiger partial charge in [0, 0.05) is 36.6 Å². The fourth-order valence-corrected chi connectivity index (χ4v) is 8.53. The van der Waals surface area contributed by atoms with E-state index in [0.29, 0.717) is 29.7 Å². The van der Waals surface area contributed by atoms with Crippen LogP contribution in [0.4, 0.5) is 0 Å². The lowest BCUT2D eigenvalue weighted by atomic mass is 9.56. The van der Waals surface area contributed by atoms with Gasteiger partial charge >= 0.3 is 0 Å². The van der Waals surface area contributed by atoms with Gasteiger partial charge in [0.2, 0.25) is 11.6 Å². The maximum atomic E-state index is 6.91. The summed E-state index contributed by atoms with van der Waals surface area (Å²) in [6.45, 7) is 4.63. The number of aromatic nitrogens is 4. The van der Waals surface area contributed by atoms with Gasteiger partial charge in [0.1, 0.15) is 0 Å². The van der Waals surface area contributed by atoms with E-state index in [1.54, 1.807) is 0 Å². The summed E-state index contributed by atoms with van der Waals surface area (Å²) in [6, 6.07) is 0. The number of hydrogen-bond donors (Lipinski definition) is 1. The van der Waals surface area contributed by atoms with Crippen LogP contribution in [0.1, 0.15) is 77.5 Å². The van der Waals surface area contributed by atoms with Gasteiger partial charge < -0.3 is 10.5 Å². The third-order valence-electron chi connectivity index (χ3n) is 9.90. The molecule has 3 bridgehead atoms. The molecule has 31 heavy (non-hydrogen) atoms. The van der Waals surface area contributed by atoms with Crippen molar-refractivity contribution in [1.82, 2.24) is 20.2 Å². The van der Waals surface area contributed by atoms with Crippen molar-refractivity contribution in [2.45, 2.75) is 102 Å². The molecule has 6 fully saturated rings. The molecule has 1 aromatic heterocycles. The summed E-state index contributed by atoms with van der Waals surface area (Å²) in [5.41, 5.74) is 6.49. The number of tetrazole rings is 1. The lowest BCUT2D eigenvalue weighted by molar-refractivity contribution is -0.375. The van der Waals surface area contributed by atoms with Crippen LogP contribution in [0, 0.1) is 35.0 Å². The number of rotatable bonds is 4. The lowest BCUT2D eigenvalue weighted by Crippen LogP contribution is -2.50. The Morgan fingerprint density at radius 3 is 2.39 bits per heavy atom. The number of nitrogens with two attached hydrogens (primary N) is 1. The number of hydrogen-bond acceptors (Lipinski definition) is 7. The van der Waals surface area contributed by atoms with Crippen LogP contribution in [0.3, 0.4) is 0 Å². The zero-order valence-electron chi connectivity index (χ0n) is 18.8. The highest BCUT2D eigenvalue weighted by Crippen LogP contribution is 2.79. The molecule has 4 atom stereocenters. The third kappa shape index (κ3) is 2.65. The maximum absolute atomic E-state index is 6.91. The Bertz CT molecular complexity index is 862. The van der Waals surface area contributed by atoms with Crippen LogP contribution in [-0.4, -0.2) is 37.3 Å². The summed E-state index contributed by atoms with van der Waals surface area (Å²) in [7, 11) is 0. The van der Waals surface area contributed by atoms with Crippen molar-refractivity contribution >= 4 is 0 Å². The Kier molecular flexibility index (Phi) is 3.80. The molecular weight excluding hydrogens is 394 g/mol. The Labute approximate surface area is 183 Å². The van der Waals surface area contributed by atoms with Gasteiger partial charge in [0.05, 0.1) is 6.54 Å². The van der Waals surface area contributed by atoms with E-state index in [2.05, 4.69) is 15.5 Å². The monoisotopic (exact) mass is 429 g/mol. The minimum absolute atomic E-state index is 0.337. The van der Waals surface area contributed by atoms with E-state index in [1.165, 1.54) is 32.1 Å². The van der Waals surface area contributed by atoms with E-state index in [0.717, 1.165) is 49.8 Å². The van der Waals surface area contributed by atoms with E-state index < -0.39 is 11.6 Å². The SMILES string of the molecule is CC(C)(N)Cn1nnnc1CC1CCC2(CC1)OOC1(O2)C2CC3CC4CC1CC34C2. The molecule has 1 aliphatic heterocycles. The molecule has 2 N–H and O–H groups in total. The molecule has 2 heterocycles. The first kappa shape index (κ1) is 19.4. The lowest BCUT2D eigenvalue weighted by Gasteiger charge is -2.49. The second kappa shape index (κ2) is 6.07. The quantitative estimate of drug-likeness (QED) is 0.735. The average Bonchev–Trinajstić information content (AvgIpc) is 3.42. The molecule has 4 unspecified atom stereocenters. The van der Waals surface area contributed by atoms with Crippen molar-refractivity contribution in [3.05, 3.63) is 5.82 Å². The summed E-state index contributed by atoms with van der Waals surface area (Å²) in [5, 5.41) is 12.3. The minimum Gasteiger partial charge on any atom is -0.324 e. The minimum atomic E-state index is -0.545.